The molecule has 6 nitrogen and oxygen atoms in total. The molecule has 0 N–H and O–H groups in total. The minimum Gasteiger partial charge on any atom is -0.246 e. The van der Waals surface area contributed by atoms with E-state index in [1.54, 1.807) is 0 Å². The molecule has 0 aliphatic heterocycles. The van der Waals surface area contributed by atoms with Crippen molar-refractivity contribution >= 4 is 0 Å². The smallest absolute Gasteiger partial charge is 0.246 e. The topological polar surface area (TPSA) is 66.0 Å². The Kier molecular flexibility index (Phi) is 7.69. The van der Waals surface area contributed by atoms with Crippen LogP contribution in [0.1, 0.15) is 83.5 Å². The maximum atomic E-state index is 14.7. The number of hydrogen-bond donors (Lipinski definition) is 0. The third-order valence-corrected chi connectivity index (χ3v) is 10.7. The molecule has 0 aliphatic carbocycles. The summed E-state index contributed by atoms with van der Waals surface area (Å²) in [4.78, 5) is 44.1. The molecule has 0 saturated carbocycles. The molecule has 1 heterocycles. The van der Waals surface area contributed by atoms with E-state index in [-0.39, 0.29) is 0 Å². The Morgan fingerprint density at radius 3 is 0.500 bits per heavy atom. The molecular formula is C36H45N3O3. The van der Waals surface area contributed by atoms with E-state index < -0.39 is 17.1 Å². The zero-order chi connectivity index (χ0) is 31.9. The predicted molar refractivity (Wildman–Crippen MR) is 174 cm³/mol. The average molecular weight is 568 g/mol. The summed E-state index contributed by atoms with van der Waals surface area (Å²) in [6, 6.07) is 0. The molecule has 0 aliphatic rings. The van der Waals surface area contributed by atoms with E-state index in [2.05, 4.69) is 20.8 Å². The standard InChI is InChI=1S/C36H45N3O3/c1-16-19(4)25(10)31(26(11)20(16)5)37-34(40)38(32-27(12)21(6)17(2)22(7)28(32)13)36(42)39(35(37)41)33-29(14)23(8)18(3)24(9)30(33)15/h1-15H3. The van der Waals surface area contributed by atoms with Crippen molar-refractivity contribution < 1.29 is 0 Å². The molecule has 0 bridgehead atoms. The molecule has 0 saturated heterocycles. The molecule has 3 aromatic carbocycles. The van der Waals surface area contributed by atoms with E-state index >= 15 is 0 Å². The van der Waals surface area contributed by atoms with Crippen LogP contribution < -0.4 is 17.1 Å². The fraction of sp³-hybridized carbons (Fsp3) is 0.417. The highest BCUT2D eigenvalue weighted by molar-refractivity contribution is 5.61. The largest absolute Gasteiger partial charge is 0.345 e. The van der Waals surface area contributed by atoms with E-state index in [9.17, 15) is 14.4 Å². The lowest BCUT2D eigenvalue weighted by atomic mass is 9.92. The van der Waals surface area contributed by atoms with Crippen LogP contribution in [0.2, 0.25) is 0 Å². The Bertz CT molecular complexity index is 1680. The van der Waals surface area contributed by atoms with Gasteiger partial charge >= 0.3 is 17.1 Å². The Balaban J connectivity index is 2.44. The van der Waals surface area contributed by atoms with Crippen molar-refractivity contribution in [1.82, 2.24) is 13.7 Å². The molecule has 42 heavy (non-hydrogen) atoms. The Morgan fingerprint density at radius 2 is 0.357 bits per heavy atom. The van der Waals surface area contributed by atoms with Gasteiger partial charge in [-0.05, 0) is 187 Å². The fourth-order valence-electron chi connectivity index (χ4n) is 6.57. The minimum atomic E-state index is -0.653. The summed E-state index contributed by atoms with van der Waals surface area (Å²) in [5, 5.41) is 0. The first-order valence-corrected chi connectivity index (χ1v) is 14.6. The summed E-state index contributed by atoms with van der Waals surface area (Å²) >= 11 is 0. The highest BCUT2D eigenvalue weighted by Gasteiger charge is 2.28. The van der Waals surface area contributed by atoms with Crippen molar-refractivity contribution in [2.45, 2.75) is 104 Å². The highest BCUT2D eigenvalue weighted by Crippen LogP contribution is 2.31. The Morgan fingerprint density at radius 1 is 0.238 bits per heavy atom. The number of rotatable bonds is 3. The lowest BCUT2D eigenvalue weighted by molar-refractivity contribution is 0.648. The summed E-state index contributed by atoms with van der Waals surface area (Å²) in [6.07, 6.45) is 0. The van der Waals surface area contributed by atoms with Gasteiger partial charge in [-0.25, -0.2) is 28.1 Å². The first-order chi connectivity index (χ1) is 19.4. The first-order valence-electron chi connectivity index (χ1n) is 14.6. The van der Waals surface area contributed by atoms with Gasteiger partial charge in [-0.2, -0.15) is 0 Å². The normalized spacial score (nSPS) is 11.5. The molecule has 6 heteroatoms. The van der Waals surface area contributed by atoms with Gasteiger partial charge in [-0.3, -0.25) is 0 Å². The number of nitrogens with zero attached hydrogens (tertiary/aromatic N) is 3. The van der Waals surface area contributed by atoms with Crippen molar-refractivity contribution in [2.75, 3.05) is 0 Å². The summed E-state index contributed by atoms with van der Waals surface area (Å²) < 4.78 is 3.70. The summed E-state index contributed by atoms with van der Waals surface area (Å²) in [7, 11) is 0. The van der Waals surface area contributed by atoms with Gasteiger partial charge < -0.3 is 0 Å². The molecule has 0 atom stereocenters. The molecule has 4 aromatic rings. The second-order valence-electron chi connectivity index (χ2n) is 12.3. The van der Waals surface area contributed by atoms with E-state index in [1.165, 1.54) is 13.7 Å². The van der Waals surface area contributed by atoms with Gasteiger partial charge in [-0.1, -0.05) is 0 Å². The van der Waals surface area contributed by atoms with Crippen molar-refractivity contribution in [1.29, 1.82) is 0 Å². The molecule has 0 unspecified atom stereocenters. The summed E-state index contributed by atoms with van der Waals surface area (Å²) in [5.41, 5.74) is 14.3. The lowest BCUT2D eigenvalue weighted by Gasteiger charge is -2.25. The second-order valence-corrected chi connectivity index (χ2v) is 12.3. The third kappa shape index (κ3) is 4.10. The molecule has 0 spiro atoms. The van der Waals surface area contributed by atoms with Crippen molar-refractivity contribution in [3.05, 3.63) is 115 Å². The molecule has 222 valence electrons. The van der Waals surface area contributed by atoms with Crippen LogP contribution in [0.4, 0.5) is 0 Å². The quantitative estimate of drug-likeness (QED) is 0.275. The first kappa shape index (κ1) is 31.0. The minimum absolute atomic E-state index is 0.542. The van der Waals surface area contributed by atoms with Crippen LogP contribution in [0.15, 0.2) is 14.4 Å². The summed E-state index contributed by atoms with van der Waals surface area (Å²) in [5.74, 6) is 0. The van der Waals surface area contributed by atoms with E-state index in [0.717, 1.165) is 83.5 Å². The van der Waals surface area contributed by atoms with Crippen molar-refractivity contribution in [3.8, 4) is 17.1 Å². The Hall–Kier alpha value is -3.93. The molecule has 0 radical (unpaired) electrons. The summed E-state index contributed by atoms with van der Waals surface area (Å²) in [6.45, 7) is 30.0. The zero-order valence-electron chi connectivity index (χ0n) is 28.1. The van der Waals surface area contributed by atoms with E-state index in [0.29, 0.717) is 17.1 Å². The van der Waals surface area contributed by atoms with Crippen molar-refractivity contribution in [3.63, 3.8) is 0 Å². The SMILES string of the molecule is Cc1c(C)c(C)c(-n2c(=O)n(-c3c(C)c(C)c(C)c(C)c3C)c(=O)n(-c3c(C)c(C)c(C)c(C)c3C)c2=O)c(C)c1C. The zero-order valence-corrected chi connectivity index (χ0v) is 28.1. The van der Waals surface area contributed by atoms with Gasteiger partial charge in [0.15, 0.2) is 0 Å². The van der Waals surface area contributed by atoms with E-state index in [1.807, 2.05) is 83.1 Å². The average Bonchev–Trinajstić information content (AvgIpc) is 2.95. The molecule has 4 rings (SSSR count). The lowest BCUT2D eigenvalue weighted by Crippen LogP contribution is -2.54. The van der Waals surface area contributed by atoms with Crippen molar-refractivity contribution in [2.24, 2.45) is 0 Å². The van der Waals surface area contributed by atoms with Crippen LogP contribution in [-0.2, 0) is 0 Å². The van der Waals surface area contributed by atoms with Gasteiger partial charge in [0.1, 0.15) is 0 Å². The van der Waals surface area contributed by atoms with Crippen LogP contribution in [0.5, 0.6) is 0 Å². The van der Waals surface area contributed by atoms with Crippen LogP contribution in [0.25, 0.3) is 17.1 Å². The predicted octanol–water partition coefficient (Wildman–Crippen LogP) is 6.77. The van der Waals surface area contributed by atoms with Gasteiger partial charge in [-0.15, -0.1) is 0 Å². The molecular weight excluding hydrogens is 522 g/mol. The molecule has 0 fully saturated rings. The highest BCUT2D eigenvalue weighted by atomic mass is 16.2. The van der Waals surface area contributed by atoms with Crippen LogP contribution in [0, 0.1) is 104 Å². The van der Waals surface area contributed by atoms with Gasteiger partial charge in [0.05, 0.1) is 17.1 Å². The van der Waals surface area contributed by atoms with Gasteiger partial charge in [0.25, 0.3) is 0 Å². The monoisotopic (exact) mass is 567 g/mol. The molecule has 0 amide bonds. The number of benzene rings is 3. The van der Waals surface area contributed by atoms with Crippen LogP contribution in [-0.4, -0.2) is 13.7 Å². The third-order valence-electron chi connectivity index (χ3n) is 10.7. The van der Waals surface area contributed by atoms with Gasteiger partial charge in [0.2, 0.25) is 0 Å². The Labute approximate surface area is 249 Å². The fourth-order valence-corrected chi connectivity index (χ4v) is 6.57. The van der Waals surface area contributed by atoms with Crippen LogP contribution in [0.3, 0.4) is 0 Å². The second kappa shape index (κ2) is 10.4. The number of hydrogen-bond acceptors (Lipinski definition) is 3. The maximum Gasteiger partial charge on any atom is 0.345 e. The van der Waals surface area contributed by atoms with E-state index in [4.69, 9.17) is 0 Å². The molecule has 1 aromatic heterocycles. The van der Waals surface area contributed by atoms with Gasteiger partial charge in [0, 0.05) is 0 Å². The van der Waals surface area contributed by atoms with Crippen LogP contribution >= 0.6 is 0 Å². The number of aromatic nitrogens is 3. The maximum absolute atomic E-state index is 14.7.